The standard InChI is InChI=1S/C11H11N3O2S/c1-2-16-10(15)9-13-14-11(17-9)12-8-6-4-3-5-7-8/h3-7H,2H2,1H3,(H,12,14). The topological polar surface area (TPSA) is 64.1 Å². The van der Waals surface area contributed by atoms with Crippen LogP contribution >= 0.6 is 11.3 Å². The molecule has 1 heterocycles. The Labute approximate surface area is 102 Å². The van der Waals surface area contributed by atoms with Crippen LogP contribution in [0.1, 0.15) is 16.7 Å². The molecule has 2 rings (SSSR count). The van der Waals surface area contributed by atoms with Crippen LogP contribution in [0.25, 0.3) is 0 Å². The monoisotopic (exact) mass is 249 g/mol. The summed E-state index contributed by atoms with van der Waals surface area (Å²) in [5.74, 6) is -0.439. The lowest BCUT2D eigenvalue weighted by molar-refractivity contribution is 0.0525. The molecule has 0 aliphatic rings. The molecule has 0 aliphatic carbocycles. The van der Waals surface area contributed by atoms with Gasteiger partial charge >= 0.3 is 5.97 Å². The summed E-state index contributed by atoms with van der Waals surface area (Å²) in [5, 5.41) is 11.5. The highest BCUT2D eigenvalue weighted by molar-refractivity contribution is 7.17. The Balaban J connectivity index is 2.06. The van der Waals surface area contributed by atoms with Crippen LogP contribution in [-0.4, -0.2) is 22.8 Å². The van der Waals surface area contributed by atoms with Crippen LogP contribution in [0.3, 0.4) is 0 Å². The van der Waals surface area contributed by atoms with E-state index in [0.717, 1.165) is 5.69 Å². The van der Waals surface area contributed by atoms with E-state index < -0.39 is 5.97 Å². The van der Waals surface area contributed by atoms with E-state index in [2.05, 4.69) is 15.5 Å². The zero-order valence-electron chi connectivity index (χ0n) is 9.21. The van der Waals surface area contributed by atoms with Gasteiger partial charge < -0.3 is 10.1 Å². The van der Waals surface area contributed by atoms with Crippen molar-refractivity contribution in [2.45, 2.75) is 6.92 Å². The van der Waals surface area contributed by atoms with Gasteiger partial charge in [-0.15, -0.1) is 10.2 Å². The largest absolute Gasteiger partial charge is 0.461 e. The number of rotatable bonds is 4. The minimum Gasteiger partial charge on any atom is -0.461 e. The Morgan fingerprint density at radius 1 is 1.35 bits per heavy atom. The van der Waals surface area contributed by atoms with Crippen molar-refractivity contribution in [1.29, 1.82) is 0 Å². The van der Waals surface area contributed by atoms with Crippen LogP contribution in [0, 0.1) is 0 Å². The molecule has 0 saturated heterocycles. The second-order valence-electron chi connectivity index (χ2n) is 3.12. The first-order chi connectivity index (χ1) is 8.29. The van der Waals surface area contributed by atoms with Gasteiger partial charge in [0.05, 0.1) is 6.61 Å². The average molecular weight is 249 g/mol. The van der Waals surface area contributed by atoms with E-state index in [0.29, 0.717) is 11.7 Å². The fraction of sp³-hybridized carbons (Fsp3) is 0.182. The molecule has 0 aliphatic heterocycles. The van der Waals surface area contributed by atoms with Crippen LogP contribution in [-0.2, 0) is 4.74 Å². The summed E-state index contributed by atoms with van der Waals surface area (Å²) in [4.78, 5) is 11.4. The highest BCUT2D eigenvalue weighted by Gasteiger charge is 2.13. The number of hydrogen-bond acceptors (Lipinski definition) is 6. The first-order valence-corrected chi connectivity index (χ1v) is 5.94. The molecule has 0 radical (unpaired) electrons. The van der Waals surface area contributed by atoms with Crippen molar-refractivity contribution in [3.63, 3.8) is 0 Å². The average Bonchev–Trinajstić information content (AvgIpc) is 2.79. The second kappa shape index (κ2) is 5.40. The summed E-state index contributed by atoms with van der Waals surface area (Å²) in [6, 6.07) is 9.57. The van der Waals surface area contributed by atoms with E-state index in [1.165, 1.54) is 11.3 Å². The molecule has 0 bridgehead atoms. The third-order valence-corrected chi connectivity index (χ3v) is 2.72. The molecule has 0 unspecified atom stereocenters. The van der Waals surface area contributed by atoms with Gasteiger partial charge in [-0.25, -0.2) is 4.79 Å². The number of carbonyl (C=O) groups is 1. The summed E-state index contributed by atoms with van der Waals surface area (Å²) >= 11 is 1.17. The Morgan fingerprint density at radius 3 is 2.82 bits per heavy atom. The normalized spacial score (nSPS) is 9.94. The van der Waals surface area contributed by atoms with Gasteiger partial charge in [0.2, 0.25) is 10.1 Å². The van der Waals surface area contributed by atoms with Crippen molar-refractivity contribution in [3.05, 3.63) is 35.3 Å². The summed E-state index contributed by atoms with van der Waals surface area (Å²) in [6.07, 6.45) is 0. The number of nitrogens with one attached hydrogen (secondary N) is 1. The van der Waals surface area contributed by atoms with E-state index in [1.54, 1.807) is 6.92 Å². The maximum absolute atomic E-state index is 11.4. The number of aromatic nitrogens is 2. The fourth-order valence-corrected chi connectivity index (χ4v) is 1.85. The third-order valence-electron chi connectivity index (χ3n) is 1.90. The van der Waals surface area contributed by atoms with Crippen molar-refractivity contribution in [2.75, 3.05) is 11.9 Å². The third kappa shape index (κ3) is 3.01. The lowest BCUT2D eigenvalue weighted by Crippen LogP contribution is -2.03. The molecule has 0 amide bonds. The summed E-state index contributed by atoms with van der Waals surface area (Å²) in [6.45, 7) is 2.09. The van der Waals surface area contributed by atoms with Crippen LogP contribution in [0.4, 0.5) is 10.8 Å². The highest BCUT2D eigenvalue weighted by Crippen LogP contribution is 2.20. The molecule has 6 heteroatoms. The molecule has 0 fully saturated rings. The summed E-state index contributed by atoms with van der Waals surface area (Å²) in [7, 11) is 0. The van der Waals surface area contributed by atoms with Crippen molar-refractivity contribution in [3.8, 4) is 0 Å². The maximum atomic E-state index is 11.4. The molecule has 2 aromatic rings. The predicted octanol–water partition coefficient (Wildman–Crippen LogP) is 2.46. The molecule has 5 nitrogen and oxygen atoms in total. The quantitative estimate of drug-likeness (QED) is 0.843. The van der Waals surface area contributed by atoms with Crippen molar-refractivity contribution >= 4 is 28.1 Å². The predicted molar refractivity (Wildman–Crippen MR) is 65.6 cm³/mol. The summed E-state index contributed by atoms with van der Waals surface area (Å²) < 4.78 is 4.83. The fourth-order valence-electron chi connectivity index (χ4n) is 1.19. The molecule has 1 aromatic carbocycles. The van der Waals surface area contributed by atoms with E-state index >= 15 is 0 Å². The van der Waals surface area contributed by atoms with E-state index in [4.69, 9.17) is 4.74 Å². The Bertz CT molecular complexity index is 498. The number of para-hydroxylation sites is 1. The van der Waals surface area contributed by atoms with Gasteiger partial charge in [0.1, 0.15) is 0 Å². The Kier molecular flexibility index (Phi) is 3.66. The van der Waals surface area contributed by atoms with Gasteiger partial charge in [0, 0.05) is 5.69 Å². The molecule has 17 heavy (non-hydrogen) atoms. The molecule has 0 atom stereocenters. The van der Waals surface area contributed by atoms with Gasteiger partial charge in [0.15, 0.2) is 0 Å². The van der Waals surface area contributed by atoms with E-state index in [-0.39, 0.29) is 5.01 Å². The van der Waals surface area contributed by atoms with Crippen LogP contribution in [0.5, 0.6) is 0 Å². The first kappa shape index (κ1) is 11.5. The number of anilines is 2. The van der Waals surface area contributed by atoms with Gasteiger partial charge in [-0.1, -0.05) is 29.5 Å². The molecule has 0 saturated carbocycles. The van der Waals surface area contributed by atoms with E-state index in [1.807, 2.05) is 30.3 Å². The smallest absolute Gasteiger partial charge is 0.369 e. The van der Waals surface area contributed by atoms with Gasteiger partial charge in [0.25, 0.3) is 0 Å². The maximum Gasteiger partial charge on any atom is 0.369 e. The van der Waals surface area contributed by atoms with Crippen LogP contribution in [0.2, 0.25) is 0 Å². The number of carbonyl (C=O) groups excluding carboxylic acids is 1. The first-order valence-electron chi connectivity index (χ1n) is 5.12. The lowest BCUT2D eigenvalue weighted by atomic mass is 10.3. The van der Waals surface area contributed by atoms with Crippen molar-refractivity contribution < 1.29 is 9.53 Å². The van der Waals surface area contributed by atoms with Crippen LogP contribution < -0.4 is 5.32 Å². The SMILES string of the molecule is CCOC(=O)c1nnc(Nc2ccccc2)s1. The van der Waals surface area contributed by atoms with Crippen LogP contribution in [0.15, 0.2) is 30.3 Å². The lowest BCUT2D eigenvalue weighted by Gasteiger charge is -1.99. The van der Waals surface area contributed by atoms with Crippen molar-refractivity contribution in [1.82, 2.24) is 10.2 Å². The molecule has 88 valence electrons. The molecule has 1 aromatic heterocycles. The number of esters is 1. The zero-order chi connectivity index (χ0) is 12.1. The number of nitrogens with zero attached hydrogens (tertiary/aromatic N) is 2. The minimum atomic E-state index is -0.439. The number of hydrogen-bond donors (Lipinski definition) is 1. The highest BCUT2D eigenvalue weighted by atomic mass is 32.1. The van der Waals surface area contributed by atoms with Gasteiger partial charge in [-0.3, -0.25) is 0 Å². The Hall–Kier alpha value is -1.95. The minimum absolute atomic E-state index is 0.255. The summed E-state index contributed by atoms with van der Waals surface area (Å²) in [5.41, 5.74) is 0.902. The zero-order valence-corrected chi connectivity index (χ0v) is 10.0. The second-order valence-corrected chi connectivity index (χ2v) is 4.10. The van der Waals surface area contributed by atoms with E-state index in [9.17, 15) is 4.79 Å². The van der Waals surface area contributed by atoms with Gasteiger partial charge in [-0.05, 0) is 19.1 Å². The molecule has 0 spiro atoms. The van der Waals surface area contributed by atoms with Gasteiger partial charge in [-0.2, -0.15) is 0 Å². The molecular weight excluding hydrogens is 238 g/mol. The Morgan fingerprint density at radius 2 is 2.12 bits per heavy atom. The molecular formula is C11H11N3O2S. The number of benzene rings is 1. The molecule has 1 N–H and O–H groups in total. The van der Waals surface area contributed by atoms with Crippen molar-refractivity contribution in [2.24, 2.45) is 0 Å². The number of ether oxygens (including phenoxy) is 1.